The van der Waals surface area contributed by atoms with Crippen LogP contribution in [0.5, 0.6) is 0 Å². The summed E-state index contributed by atoms with van der Waals surface area (Å²) < 4.78 is 17.4. The summed E-state index contributed by atoms with van der Waals surface area (Å²) in [5.41, 5.74) is 0.771. The zero-order valence-corrected chi connectivity index (χ0v) is 8.13. The summed E-state index contributed by atoms with van der Waals surface area (Å²) in [6, 6.07) is 5.84. The van der Waals surface area contributed by atoms with Crippen molar-refractivity contribution in [3.63, 3.8) is 0 Å². The summed E-state index contributed by atoms with van der Waals surface area (Å²) in [5.74, 6) is -0.561. The molecule has 0 radical (unpaired) electrons. The fourth-order valence-corrected chi connectivity index (χ4v) is 1.04. The summed E-state index contributed by atoms with van der Waals surface area (Å²) in [4.78, 5) is 11.1. The van der Waals surface area contributed by atoms with Crippen molar-refractivity contribution < 1.29 is 13.9 Å². The van der Waals surface area contributed by atoms with E-state index in [-0.39, 0.29) is 18.2 Å². The molecule has 0 heterocycles. The lowest BCUT2D eigenvalue weighted by Crippen LogP contribution is -2.08. The lowest BCUT2D eigenvalue weighted by Gasteiger charge is -2.02. The normalized spacial score (nSPS) is 9.86. The first kappa shape index (κ1) is 10.7. The van der Waals surface area contributed by atoms with Gasteiger partial charge in [0.15, 0.2) is 0 Å². The number of esters is 1. The van der Waals surface area contributed by atoms with Crippen molar-refractivity contribution in [1.29, 1.82) is 0 Å². The van der Waals surface area contributed by atoms with E-state index in [2.05, 4.69) is 0 Å². The molecule has 1 aromatic carbocycles. The van der Waals surface area contributed by atoms with Gasteiger partial charge in [-0.15, -0.1) is 0 Å². The Balaban J connectivity index is 2.44. The predicted molar refractivity (Wildman–Crippen MR) is 51.4 cm³/mol. The van der Waals surface area contributed by atoms with Crippen molar-refractivity contribution >= 4 is 5.97 Å². The molecular formula is C11H13FO2. The molecule has 0 fully saturated rings. The van der Waals surface area contributed by atoms with Crippen molar-refractivity contribution in [3.05, 3.63) is 35.6 Å². The van der Waals surface area contributed by atoms with Crippen LogP contribution in [0.1, 0.15) is 18.9 Å². The van der Waals surface area contributed by atoms with E-state index in [9.17, 15) is 9.18 Å². The van der Waals surface area contributed by atoms with E-state index in [0.29, 0.717) is 6.61 Å². The van der Waals surface area contributed by atoms with Gasteiger partial charge in [0.05, 0.1) is 13.0 Å². The Hall–Kier alpha value is -1.38. The second-order valence-corrected chi connectivity index (χ2v) is 3.02. The van der Waals surface area contributed by atoms with Gasteiger partial charge in [-0.25, -0.2) is 4.39 Å². The molecule has 0 bridgehead atoms. The molecule has 1 aromatic rings. The van der Waals surface area contributed by atoms with Crippen LogP contribution in [0.3, 0.4) is 0 Å². The van der Waals surface area contributed by atoms with E-state index in [1.807, 2.05) is 6.92 Å². The molecule has 0 aliphatic carbocycles. The van der Waals surface area contributed by atoms with E-state index >= 15 is 0 Å². The van der Waals surface area contributed by atoms with E-state index in [4.69, 9.17) is 4.74 Å². The van der Waals surface area contributed by atoms with Crippen LogP contribution >= 0.6 is 0 Å². The van der Waals surface area contributed by atoms with Crippen LogP contribution in [-0.2, 0) is 16.0 Å². The van der Waals surface area contributed by atoms with E-state index < -0.39 is 0 Å². The van der Waals surface area contributed by atoms with E-state index in [1.54, 1.807) is 12.1 Å². The van der Waals surface area contributed by atoms with E-state index in [0.717, 1.165) is 12.0 Å². The van der Waals surface area contributed by atoms with Crippen molar-refractivity contribution in [3.8, 4) is 0 Å². The molecule has 76 valence electrons. The van der Waals surface area contributed by atoms with Gasteiger partial charge in [-0.3, -0.25) is 4.79 Å². The topological polar surface area (TPSA) is 26.3 Å². The number of benzene rings is 1. The highest BCUT2D eigenvalue weighted by atomic mass is 19.1. The molecule has 0 amide bonds. The minimum absolute atomic E-state index is 0.209. The molecule has 1 rings (SSSR count). The number of hydrogen-bond donors (Lipinski definition) is 0. The summed E-state index contributed by atoms with van der Waals surface area (Å²) >= 11 is 0. The molecule has 0 atom stereocenters. The second kappa shape index (κ2) is 5.37. The van der Waals surface area contributed by atoms with Crippen LogP contribution in [-0.4, -0.2) is 12.6 Å². The lowest BCUT2D eigenvalue weighted by atomic mass is 10.1. The molecule has 0 unspecified atom stereocenters. The first-order valence-corrected chi connectivity index (χ1v) is 4.62. The largest absolute Gasteiger partial charge is 0.465 e. The third-order valence-corrected chi connectivity index (χ3v) is 1.73. The van der Waals surface area contributed by atoms with Crippen molar-refractivity contribution in [2.24, 2.45) is 0 Å². The first-order chi connectivity index (χ1) is 6.72. The maximum absolute atomic E-state index is 12.5. The number of carbonyl (C=O) groups is 1. The molecule has 2 nitrogen and oxygen atoms in total. The second-order valence-electron chi connectivity index (χ2n) is 3.02. The lowest BCUT2D eigenvalue weighted by molar-refractivity contribution is -0.142. The molecule has 0 saturated carbocycles. The number of hydrogen-bond acceptors (Lipinski definition) is 2. The van der Waals surface area contributed by atoms with Crippen LogP contribution in [0.2, 0.25) is 0 Å². The van der Waals surface area contributed by atoms with Gasteiger partial charge >= 0.3 is 5.97 Å². The molecule has 0 aliphatic heterocycles. The molecule has 0 spiro atoms. The first-order valence-electron chi connectivity index (χ1n) is 4.62. The maximum Gasteiger partial charge on any atom is 0.310 e. The summed E-state index contributed by atoms with van der Waals surface area (Å²) in [6.07, 6.45) is 1.02. The van der Waals surface area contributed by atoms with Gasteiger partial charge in [0.2, 0.25) is 0 Å². The third-order valence-electron chi connectivity index (χ3n) is 1.73. The Labute approximate surface area is 82.7 Å². The number of halogens is 1. The number of rotatable bonds is 4. The Kier molecular flexibility index (Phi) is 4.11. The van der Waals surface area contributed by atoms with Gasteiger partial charge in [-0.05, 0) is 24.1 Å². The zero-order valence-electron chi connectivity index (χ0n) is 8.13. The van der Waals surface area contributed by atoms with Crippen molar-refractivity contribution in [2.75, 3.05) is 6.61 Å². The molecule has 0 aliphatic rings. The van der Waals surface area contributed by atoms with Gasteiger partial charge in [0.1, 0.15) is 5.82 Å². The summed E-state index contributed by atoms with van der Waals surface area (Å²) in [7, 11) is 0. The van der Waals surface area contributed by atoms with Gasteiger partial charge in [-0.1, -0.05) is 19.1 Å². The molecule has 0 aromatic heterocycles. The number of ether oxygens (including phenoxy) is 1. The molecular weight excluding hydrogens is 183 g/mol. The predicted octanol–water partition coefficient (Wildman–Crippen LogP) is 2.32. The van der Waals surface area contributed by atoms with Gasteiger partial charge in [0, 0.05) is 0 Å². The Morgan fingerprint density at radius 1 is 1.36 bits per heavy atom. The van der Waals surface area contributed by atoms with Crippen LogP contribution in [0.25, 0.3) is 0 Å². The Bertz CT molecular complexity index is 293. The Morgan fingerprint density at radius 3 is 2.57 bits per heavy atom. The SMILES string of the molecule is CCCOC(=O)Cc1ccc(F)cc1. The minimum atomic E-state index is -0.296. The quantitative estimate of drug-likeness (QED) is 0.691. The average Bonchev–Trinajstić information content (AvgIpc) is 2.18. The fraction of sp³-hybridized carbons (Fsp3) is 0.364. The van der Waals surface area contributed by atoms with E-state index in [1.165, 1.54) is 12.1 Å². The van der Waals surface area contributed by atoms with Gasteiger partial charge in [-0.2, -0.15) is 0 Å². The highest BCUT2D eigenvalue weighted by Crippen LogP contribution is 2.04. The zero-order chi connectivity index (χ0) is 10.4. The molecule has 14 heavy (non-hydrogen) atoms. The van der Waals surface area contributed by atoms with Gasteiger partial charge < -0.3 is 4.74 Å². The van der Waals surface area contributed by atoms with Crippen LogP contribution in [0, 0.1) is 5.82 Å². The van der Waals surface area contributed by atoms with Crippen LogP contribution in [0.15, 0.2) is 24.3 Å². The molecule has 3 heteroatoms. The number of carbonyl (C=O) groups excluding carboxylic acids is 1. The minimum Gasteiger partial charge on any atom is -0.465 e. The average molecular weight is 196 g/mol. The van der Waals surface area contributed by atoms with Crippen molar-refractivity contribution in [2.45, 2.75) is 19.8 Å². The highest BCUT2D eigenvalue weighted by Gasteiger charge is 2.03. The summed E-state index contributed by atoms with van der Waals surface area (Å²) in [6.45, 7) is 2.38. The summed E-state index contributed by atoms with van der Waals surface area (Å²) in [5, 5.41) is 0. The standard InChI is InChI=1S/C11H13FO2/c1-2-7-14-11(13)8-9-3-5-10(12)6-4-9/h3-6H,2,7-8H2,1H3. The molecule has 0 N–H and O–H groups in total. The van der Waals surface area contributed by atoms with Crippen LogP contribution in [0.4, 0.5) is 4.39 Å². The van der Waals surface area contributed by atoms with Gasteiger partial charge in [0.25, 0.3) is 0 Å². The maximum atomic E-state index is 12.5. The third kappa shape index (κ3) is 3.56. The Morgan fingerprint density at radius 2 is 2.00 bits per heavy atom. The molecule has 0 saturated heterocycles. The van der Waals surface area contributed by atoms with Crippen LogP contribution < -0.4 is 0 Å². The monoisotopic (exact) mass is 196 g/mol. The van der Waals surface area contributed by atoms with Crippen molar-refractivity contribution in [1.82, 2.24) is 0 Å². The highest BCUT2D eigenvalue weighted by molar-refractivity contribution is 5.72. The smallest absolute Gasteiger partial charge is 0.310 e. The fourth-order valence-electron chi connectivity index (χ4n) is 1.04.